The monoisotopic (exact) mass is 461 g/mol. The van der Waals surface area contributed by atoms with Crippen LogP contribution in [0.2, 0.25) is 5.02 Å². The third kappa shape index (κ3) is 3.12. The fourth-order valence-electron chi connectivity index (χ4n) is 4.57. The number of carbonyl (C=O) groups excluding carboxylic acids is 2. The maximum Gasteiger partial charge on any atom is 0.322 e. The van der Waals surface area contributed by atoms with E-state index in [0.29, 0.717) is 36.6 Å². The Morgan fingerprint density at radius 3 is 2.58 bits per heavy atom. The van der Waals surface area contributed by atoms with E-state index in [0.717, 1.165) is 22.4 Å². The number of halogens is 1. The summed E-state index contributed by atoms with van der Waals surface area (Å²) in [4.78, 5) is 30.2. The lowest BCUT2D eigenvalue weighted by molar-refractivity contribution is -0.124. The molecule has 5 rings (SSSR count). The number of rotatable bonds is 2. The van der Waals surface area contributed by atoms with Crippen molar-refractivity contribution in [3.05, 3.63) is 41.2 Å². The van der Waals surface area contributed by atoms with Gasteiger partial charge in [-0.15, -0.1) is 0 Å². The zero-order valence-electron chi connectivity index (χ0n) is 16.7. The predicted molar refractivity (Wildman–Crippen MR) is 117 cm³/mol. The molecule has 0 bridgehead atoms. The van der Waals surface area contributed by atoms with E-state index < -0.39 is 21.6 Å². The highest BCUT2D eigenvalue weighted by Crippen LogP contribution is 2.41. The van der Waals surface area contributed by atoms with E-state index >= 15 is 0 Å². The number of carbonyl (C=O) groups is 2. The van der Waals surface area contributed by atoms with Gasteiger partial charge in [0.05, 0.1) is 22.2 Å². The van der Waals surface area contributed by atoms with Crippen LogP contribution in [0.5, 0.6) is 0 Å². The Balaban J connectivity index is 1.48. The average molecular weight is 462 g/mol. The summed E-state index contributed by atoms with van der Waals surface area (Å²) in [5, 5.41) is 5.55. The van der Waals surface area contributed by atoms with Gasteiger partial charge in [0.15, 0.2) is 0 Å². The number of pyridine rings is 1. The molecule has 0 unspecified atom stereocenters. The Labute approximate surface area is 184 Å². The molecule has 9 nitrogen and oxygen atoms in total. The van der Waals surface area contributed by atoms with Crippen LogP contribution >= 0.6 is 11.6 Å². The molecule has 11 heteroatoms. The van der Waals surface area contributed by atoms with E-state index in [1.165, 1.54) is 4.31 Å². The van der Waals surface area contributed by atoms with Gasteiger partial charge in [0.1, 0.15) is 5.54 Å². The zero-order chi connectivity index (χ0) is 22.0. The summed E-state index contributed by atoms with van der Waals surface area (Å²) in [6.45, 7) is 1.04. The van der Waals surface area contributed by atoms with Crippen molar-refractivity contribution in [3.63, 3.8) is 0 Å². The Morgan fingerprint density at radius 2 is 1.90 bits per heavy atom. The normalized spacial score (nSPS) is 21.2. The molecule has 4 heterocycles. The fraction of sp³-hybridized carbons (Fsp3) is 0.350. The molecule has 2 fully saturated rings. The molecule has 0 saturated carbocycles. The van der Waals surface area contributed by atoms with Crippen LogP contribution in [-0.4, -0.2) is 51.0 Å². The van der Waals surface area contributed by atoms with E-state index in [-0.39, 0.29) is 11.7 Å². The van der Waals surface area contributed by atoms with Crippen LogP contribution in [0.1, 0.15) is 18.4 Å². The van der Waals surface area contributed by atoms with Gasteiger partial charge < -0.3 is 10.2 Å². The number of anilines is 2. The number of amides is 3. The van der Waals surface area contributed by atoms with Gasteiger partial charge in [-0.05, 0) is 36.1 Å². The molecule has 3 aliphatic rings. The number of hydrogen-bond acceptors (Lipinski definition) is 6. The summed E-state index contributed by atoms with van der Waals surface area (Å²) in [6, 6.07) is 5.06. The summed E-state index contributed by atoms with van der Waals surface area (Å²) < 4.78 is 25.8. The molecule has 3 amide bonds. The average Bonchev–Trinajstić information content (AvgIpc) is 3.13. The summed E-state index contributed by atoms with van der Waals surface area (Å²) in [7, 11) is -1.79. The van der Waals surface area contributed by atoms with E-state index in [1.54, 1.807) is 25.5 Å². The standard InChI is InChI=1S/C20H20ClN5O4S/c1-25-16-3-2-12(8-13(16)11-31(25,29)30)14-9-22-10-15(21)17(14)26-6-4-20(5-7-26)18(27)23-19(28)24-20/h2-3,8-10H,4-7,11H2,1H3,(H2,23,24,27,28). The highest BCUT2D eigenvalue weighted by atomic mass is 35.5. The number of aromatic nitrogens is 1. The molecule has 0 aliphatic carbocycles. The van der Waals surface area contributed by atoms with E-state index in [2.05, 4.69) is 20.5 Å². The topological polar surface area (TPSA) is 112 Å². The number of urea groups is 1. The lowest BCUT2D eigenvalue weighted by atomic mass is 9.87. The van der Waals surface area contributed by atoms with Crippen molar-refractivity contribution in [3.8, 4) is 11.1 Å². The second kappa shape index (κ2) is 6.83. The van der Waals surface area contributed by atoms with Crippen LogP contribution in [0.4, 0.5) is 16.2 Å². The molecule has 31 heavy (non-hydrogen) atoms. The number of benzene rings is 1. The molecule has 1 aromatic carbocycles. The quantitative estimate of drug-likeness (QED) is 0.660. The number of piperidine rings is 1. The zero-order valence-corrected chi connectivity index (χ0v) is 18.3. The van der Waals surface area contributed by atoms with E-state index in [9.17, 15) is 18.0 Å². The van der Waals surface area contributed by atoms with Crippen molar-refractivity contribution < 1.29 is 18.0 Å². The van der Waals surface area contributed by atoms with Gasteiger partial charge in [-0.25, -0.2) is 13.2 Å². The number of imide groups is 1. The van der Waals surface area contributed by atoms with Crippen LogP contribution in [-0.2, 0) is 20.6 Å². The minimum atomic E-state index is -3.34. The third-order valence-electron chi connectivity index (χ3n) is 6.31. The molecule has 1 aromatic heterocycles. The highest BCUT2D eigenvalue weighted by molar-refractivity contribution is 7.92. The van der Waals surface area contributed by atoms with Gasteiger partial charge in [0, 0.05) is 38.1 Å². The molecule has 2 N–H and O–H groups in total. The molecule has 0 radical (unpaired) electrons. The minimum absolute atomic E-state index is 0.0446. The van der Waals surface area contributed by atoms with Crippen molar-refractivity contribution in [1.82, 2.24) is 15.6 Å². The lowest BCUT2D eigenvalue weighted by Gasteiger charge is -2.39. The predicted octanol–water partition coefficient (Wildman–Crippen LogP) is 1.86. The van der Waals surface area contributed by atoms with Gasteiger partial charge in [0.25, 0.3) is 5.91 Å². The van der Waals surface area contributed by atoms with Crippen molar-refractivity contribution in [1.29, 1.82) is 0 Å². The minimum Gasteiger partial charge on any atom is -0.370 e. The third-order valence-corrected chi connectivity index (χ3v) is 8.29. The molecular weight excluding hydrogens is 442 g/mol. The number of nitrogens with one attached hydrogen (secondary N) is 2. The molecule has 0 atom stereocenters. The first-order chi connectivity index (χ1) is 14.7. The van der Waals surface area contributed by atoms with E-state index in [1.807, 2.05) is 12.1 Å². The molecule has 1 spiro atoms. The number of sulfonamides is 1. The molecular formula is C20H20ClN5O4S. The number of hydrogen-bond donors (Lipinski definition) is 2. The van der Waals surface area contributed by atoms with Crippen molar-refractivity contribution >= 4 is 44.9 Å². The molecule has 162 valence electrons. The second-order valence-corrected chi connectivity index (χ2v) is 10.5. The smallest absolute Gasteiger partial charge is 0.322 e. The van der Waals surface area contributed by atoms with Gasteiger partial charge >= 0.3 is 6.03 Å². The first-order valence-corrected chi connectivity index (χ1v) is 11.8. The van der Waals surface area contributed by atoms with Gasteiger partial charge in [-0.1, -0.05) is 17.7 Å². The van der Waals surface area contributed by atoms with Crippen LogP contribution in [0.3, 0.4) is 0 Å². The molecule has 3 aliphatic heterocycles. The lowest BCUT2D eigenvalue weighted by Crippen LogP contribution is -2.55. The Kier molecular flexibility index (Phi) is 4.42. The van der Waals surface area contributed by atoms with Gasteiger partial charge in [-0.2, -0.15) is 0 Å². The molecule has 2 saturated heterocycles. The number of fused-ring (bicyclic) bond motifs is 1. The van der Waals surface area contributed by atoms with E-state index in [4.69, 9.17) is 11.6 Å². The van der Waals surface area contributed by atoms with Gasteiger partial charge in [-0.3, -0.25) is 19.4 Å². The van der Waals surface area contributed by atoms with Crippen LogP contribution in [0.15, 0.2) is 30.6 Å². The largest absolute Gasteiger partial charge is 0.370 e. The fourth-order valence-corrected chi connectivity index (χ4v) is 6.15. The summed E-state index contributed by atoms with van der Waals surface area (Å²) in [6.07, 6.45) is 4.19. The van der Waals surface area contributed by atoms with Crippen molar-refractivity contribution in [2.24, 2.45) is 0 Å². The Hall–Kier alpha value is -2.85. The maximum atomic E-state index is 12.2. The van der Waals surface area contributed by atoms with Crippen molar-refractivity contribution in [2.75, 3.05) is 29.3 Å². The summed E-state index contributed by atoms with van der Waals surface area (Å²) >= 11 is 6.54. The first kappa shape index (κ1) is 20.1. The van der Waals surface area contributed by atoms with Crippen molar-refractivity contribution in [2.45, 2.75) is 24.1 Å². The van der Waals surface area contributed by atoms with Crippen LogP contribution < -0.4 is 19.8 Å². The SMILES string of the molecule is CN1c2ccc(-c3cncc(Cl)c3N3CCC4(CC3)NC(=O)NC4=O)cc2CS1(=O)=O. The summed E-state index contributed by atoms with van der Waals surface area (Å²) in [5.74, 6) is -0.334. The van der Waals surface area contributed by atoms with Crippen LogP contribution in [0.25, 0.3) is 11.1 Å². The highest BCUT2D eigenvalue weighted by Gasteiger charge is 2.48. The van der Waals surface area contributed by atoms with Crippen LogP contribution in [0, 0.1) is 0 Å². The second-order valence-electron chi connectivity index (χ2n) is 8.06. The van der Waals surface area contributed by atoms with Gasteiger partial charge in [0.2, 0.25) is 10.0 Å². The number of nitrogens with zero attached hydrogens (tertiary/aromatic N) is 3. The first-order valence-electron chi connectivity index (χ1n) is 9.82. The molecule has 2 aromatic rings. The Bertz CT molecular complexity index is 1220. The maximum absolute atomic E-state index is 12.2. The Morgan fingerprint density at radius 1 is 1.16 bits per heavy atom. The summed E-state index contributed by atoms with van der Waals surface area (Å²) in [5.41, 5.74) is 2.92.